The Hall–Kier alpha value is -1.13. The van der Waals surface area contributed by atoms with Gasteiger partial charge in [0.15, 0.2) is 0 Å². The molecule has 1 saturated heterocycles. The van der Waals surface area contributed by atoms with Crippen LogP contribution < -0.4 is 10.6 Å². The first-order valence-electron chi connectivity index (χ1n) is 6.21. The molecular weight excluding hydrogens is 212 g/mol. The molecule has 17 heavy (non-hydrogen) atoms. The first kappa shape index (κ1) is 12.3. The third-order valence-corrected chi connectivity index (χ3v) is 3.50. The number of nitrogens with zero attached hydrogens (tertiary/aromatic N) is 3. The van der Waals surface area contributed by atoms with E-state index in [1.54, 1.807) is 0 Å². The van der Waals surface area contributed by atoms with Gasteiger partial charge in [-0.1, -0.05) is 0 Å². The van der Waals surface area contributed by atoms with E-state index in [0.717, 1.165) is 18.8 Å². The van der Waals surface area contributed by atoms with Gasteiger partial charge in [-0.15, -0.1) is 0 Å². The number of rotatable bonds is 3. The van der Waals surface area contributed by atoms with Gasteiger partial charge in [-0.2, -0.15) is 0 Å². The number of anilines is 1. The lowest BCUT2D eigenvalue weighted by Crippen LogP contribution is -2.31. The zero-order valence-corrected chi connectivity index (χ0v) is 10.9. The summed E-state index contributed by atoms with van der Waals surface area (Å²) in [6, 6.07) is 4.83. The van der Waals surface area contributed by atoms with E-state index in [0.29, 0.717) is 6.04 Å². The second-order valence-electron chi connectivity index (χ2n) is 5.08. The van der Waals surface area contributed by atoms with Gasteiger partial charge in [0.1, 0.15) is 0 Å². The van der Waals surface area contributed by atoms with Crippen molar-refractivity contribution >= 4 is 5.69 Å². The average molecular weight is 234 g/mol. The van der Waals surface area contributed by atoms with Gasteiger partial charge in [-0.25, -0.2) is 0 Å². The van der Waals surface area contributed by atoms with E-state index in [1.165, 1.54) is 12.1 Å². The smallest absolute Gasteiger partial charge is 0.0569 e. The van der Waals surface area contributed by atoms with Gasteiger partial charge >= 0.3 is 0 Å². The summed E-state index contributed by atoms with van der Waals surface area (Å²) in [6.07, 6.45) is 3.17. The molecular formula is C13H22N4. The summed E-state index contributed by atoms with van der Waals surface area (Å²) < 4.78 is 0. The van der Waals surface area contributed by atoms with Gasteiger partial charge in [0, 0.05) is 25.2 Å². The minimum Gasteiger partial charge on any atom is -0.369 e. The van der Waals surface area contributed by atoms with Gasteiger partial charge in [0.25, 0.3) is 0 Å². The normalized spacial score (nSPS) is 22.2. The van der Waals surface area contributed by atoms with Crippen LogP contribution in [-0.2, 0) is 0 Å². The van der Waals surface area contributed by atoms with Crippen molar-refractivity contribution in [2.24, 2.45) is 5.73 Å². The molecule has 2 rings (SSSR count). The third-order valence-electron chi connectivity index (χ3n) is 3.50. The van der Waals surface area contributed by atoms with Crippen molar-refractivity contribution in [3.05, 3.63) is 24.0 Å². The van der Waals surface area contributed by atoms with Crippen LogP contribution in [0.3, 0.4) is 0 Å². The maximum Gasteiger partial charge on any atom is 0.0569 e. The molecule has 1 fully saturated rings. The zero-order chi connectivity index (χ0) is 12.4. The fraction of sp³-hybridized carbons (Fsp3) is 0.615. The molecule has 1 aromatic heterocycles. The lowest BCUT2D eigenvalue weighted by Gasteiger charge is -2.21. The van der Waals surface area contributed by atoms with Crippen molar-refractivity contribution in [2.45, 2.75) is 25.4 Å². The van der Waals surface area contributed by atoms with Crippen LogP contribution in [0, 0.1) is 0 Å². The maximum absolute atomic E-state index is 5.80. The Labute approximate surface area is 103 Å². The van der Waals surface area contributed by atoms with Crippen LogP contribution in [0.1, 0.15) is 25.1 Å². The molecule has 1 aliphatic rings. The fourth-order valence-corrected chi connectivity index (χ4v) is 2.25. The summed E-state index contributed by atoms with van der Waals surface area (Å²) in [5.74, 6) is 0. The summed E-state index contributed by atoms with van der Waals surface area (Å²) in [7, 11) is 4.29. The van der Waals surface area contributed by atoms with Crippen molar-refractivity contribution in [3.8, 4) is 0 Å². The summed E-state index contributed by atoms with van der Waals surface area (Å²) in [5.41, 5.74) is 7.96. The van der Waals surface area contributed by atoms with Crippen LogP contribution in [0.15, 0.2) is 18.3 Å². The van der Waals surface area contributed by atoms with Crippen LogP contribution in [0.4, 0.5) is 5.69 Å². The predicted molar refractivity (Wildman–Crippen MR) is 71.1 cm³/mol. The molecule has 4 nitrogen and oxygen atoms in total. The number of hydrogen-bond acceptors (Lipinski definition) is 4. The van der Waals surface area contributed by atoms with E-state index in [-0.39, 0.29) is 6.04 Å². The Balaban J connectivity index is 2.04. The molecule has 0 saturated carbocycles. The molecule has 0 radical (unpaired) electrons. The van der Waals surface area contributed by atoms with E-state index < -0.39 is 0 Å². The van der Waals surface area contributed by atoms with Crippen LogP contribution in [0.5, 0.6) is 0 Å². The molecule has 1 aromatic rings. The lowest BCUT2D eigenvalue weighted by molar-refractivity contribution is 0.315. The van der Waals surface area contributed by atoms with Gasteiger partial charge in [-0.05, 0) is 39.6 Å². The first-order valence-corrected chi connectivity index (χ1v) is 6.21. The molecule has 2 N–H and O–H groups in total. The van der Waals surface area contributed by atoms with E-state index in [1.807, 2.05) is 19.2 Å². The topological polar surface area (TPSA) is 45.4 Å². The summed E-state index contributed by atoms with van der Waals surface area (Å²) in [5, 5.41) is 0. The average Bonchev–Trinajstić information content (AvgIpc) is 2.78. The van der Waals surface area contributed by atoms with Crippen molar-refractivity contribution in [1.29, 1.82) is 0 Å². The quantitative estimate of drug-likeness (QED) is 0.855. The van der Waals surface area contributed by atoms with Crippen molar-refractivity contribution in [2.75, 3.05) is 32.1 Å². The van der Waals surface area contributed by atoms with Crippen molar-refractivity contribution < 1.29 is 0 Å². The Morgan fingerprint density at radius 1 is 1.47 bits per heavy atom. The van der Waals surface area contributed by atoms with E-state index >= 15 is 0 Å². The van der Waals surface area contributed by atoms with Crippen LogP contribution >= 0.6 is 0 Å². The SMILES string of the molecule is C[C@@H](N)c1ccc(N2CCC(N(C)C)C2)cn1. The first-order chi connectivity index (χ1) is 8.08. The summed E-state index contributed by atoms with van der Waals surface area (Å²) in [4.78, 5) is 9.10. The molecule has 2 atom stereocenters. The molecule has 4 heteroatoms. The Morgan fingerprint density at radius 3 is 2.71 bits per heavy atom. The second-order valence-corrected chi connectivity index (χ2v) is 5.08. The third kappa shape index (κ3) is 2.76. The lowest BCUT2D eigenvalue weighted by atomic mass is 10.2. The molecule has 2 heterocycles. The Morgan fingerprint density at radius 2 is 2.24 bits per heavy atom. The van der Waals surface area contributed by atoms with E-state index in [9.17, 15) is 0 Å². The van der Waals surface area contributed by atoms with Crippen molar-refractivity contribution in [1.82, 2.24) is 9.88 Å². The Kier molecular flexibility index (Phi) is 3.64. The Bertz CT molecular complexity index is 358. The van der Waals surface area contributed by atoms with Gasteiger partial charge in [0.2, 0.25) is 0 Å². The summed E-state index contributed by atoms with van der Waals surface area (Å²) >= 11 is 0. The van der Waals surface area contributed by atoms with E-state index in [4.69, 9.17) is 5.73 Å². The highest BCUT2D eigenvalue weighted by Gasteiger charge is 2.24. The minimum atomic E-state index is 0.0113. The number of nitrogens with two attached hydrogens (primary N) is 1. The van der Waals surface area contributed by atoms with Crippen LogP contribution in [0.25, 0.3) is 0 Å². The molecule has 0 bridgehead atoms. The van der Waals surface area contributed by atoms with Gasteiger partial charge < -0.3 is 15.5 Å². The highest BCUT2D eigenvalue weighted by molar-refractivity contribution is 5.46. The number of hydrogen-bond donors (Lipinski definition) is 1. The predicted octanol–water partition coefficient (Wildman–Crippen LogP) is 1.24. The minimum absolute atomic E-state index is 0.0113. The second kappa shape index (κ2) is 5.02. The standard InChI is InChI=1S/C13H22N4/c1-10(14)13-5-4-11(8-15-13)17-7-6-12(9-17)16(2)3/h4-5,8,10,12H,6-7,9,14H2,1-3H3/t10-,12?/m1/s1. The van der Waals surface area contributed by atoms with Crippen molar-refractivity contribution in [3.63, 3.8) is 0 Å². The van der Waals surface area contributed by atoms with E-state index in [2.05, 4.69) is 34.9 Å². The zero-order valence-electron chi connectivity index (χ0n) is 10.9. The molecule has 0 aromatic carbocycles. The molecule has 0 spiro atoms. The van der Waals surface area contributed by atoms with Gasteiger partial charge in [-0.3, -0.25) is 4.98 Å². The molecule has 0 amide bonds. The highest BCUT2D eigenvalue weighted by Crippen LogP contribution is 2.22. The fourth-order valence-electron chi connectivity index (χ4n) is 2.25. The van der Waals surface area contributed by atoms with Crippen LogP contribution in [-0.4, -0.2) is 43.1 Å². The molecule has 1 unspecified atom stereocenters. The van der Waals surface area contributed by atoms with Crippen LogP contribution in [0.2, 0.25) is 0 Å². The number of likely N-dealkylation sites (N-methyl/N-ethyl adjacent to an activating group) is 1. The van der Waals surface area contributed by atoms with Gasteiger partial charge in [0.05, 0.1) is 17.6 Å². The monoisotopic (exact) mass is 234 g/mol. The largest absolute Gasteiger partial charge is 0.369 e. The summed E-state index contributed by atoms with van der Waals surface area (Å²) in [6.45, 7) is 4.16. The molecule has 0 aliphatic carbocycles. The highest BCUT2D eigenvalue weighted by atomic mass is 15.2. The maximum atomic E-state index is 5.80. The number of aromatic nitrogens is 1. The molecule has 1 aliphatic heterocycles. The molecule has 94 valence electrons. The number of pyridine rings is 1.